The summed E-state index contributed by atoms with van der Waals surface area (Å²) in [5.74, 6) is 0.775. The summed E-state index contributed by atoms with van der Waals surface area (Å²) in [6, 6.07) is 11.2. The molecule has 4 heteroatoms. The summed E-state index contributed by atoms with van der Waals surface area (Å²) >= 11 is 0. The lowest BCUT2D eigenvalue weighted by molar-refractivity contribution is 0.194. The van der Waals surface area contributed by atoms with Crippen molar-refractivity contribution < 1.29 is 14.3 Å². The van der Waals surface area contributed by atoms with Crippen molar-refractivity contribution in [1.82, 2.24) is 5.32 Å². The van der Waals surface area contributed by atoms with Gasteiger partial charge in [-0.05, 0) is 23.8 Å². The van der Waals surface area contributed by atoms with Gasteiger partial charge in [-0.25, -0.2) is 4.79 Å². The minimum Gasteiger partial charge on any atom is -0.465 e. The molecule has 0 radical (unpaired) electrons. The van der Waals surface area contributed by atoms with Crippen LogP contribution < -0.4 is 5.32 Å². The van der Waals surface area contributed by atoms with Crippen LogP contribution in [0, 0.1) is 0 Å². The molecule has 1 heterocycles. The maximum absolute atomic E-state index is 10.4. The van der Waals surface area contributed by atoms with E-state index in [2.05, 4.69) is 5.32 Å². The maximum atomic E-state index is 10.4. The van der Waals surface area contributed by atoms with Gasteiger partial charge in [0.25, 0.3) is 0 Å². The summed E-state index contributed by atoms with van der Waals surface area (Å²) in [6.07, 6.45) is 0.584. The van der Waals surface area contributed by atoms with Gasteiger partial charge in [0.2, 0.25) is 0 Å². The molecule has 2 aromatic rings. The van der Waals surface area contributed by atoms with E-state index in [0.717, 1.165) is 16.9 Å². The third kappa shape index (κ3) is 2.42. The first-order valence-corrected chi connectivity index (χ1v) is 4.85. The van der Waals surface area contributed by atoms with Gasteiger partial charge in [0.1, 0.15) is 5.76 Å². The van der Waals surface area contributed by atoms with Crippen LogP contribution in [0.5, 0.6) is 0 Å². The van der Waals surface area contributed by atoms with E-state index < -0.39 is 6.09 Å². The van der Waals surface area contributed by atoms with E-state index in [1.165, 1.54) is 0 Å². The van der Waals surface area contributed by atoms with Crippen LogP contribution in [0.3, 0.4) is 0 Å². The van der Waals surface area contributed by atoms with Crippen LogP contribution in [-0.4, -0.2) is 11.2 Å². The molecule has 0 bridgehead atoms. The zero-order chi connectivity index (χ0) is 11.4. The van der Waals surface area contributed by atoms with Crippen LogP contribution in [0.25, 0.3) is 11.3 Å². The van der Waals surface area contributed by atoms with Gasteiger partial charge < -0.3 is 14.8 Å². The average Bonchev–Trinajstić information content (AvgIpc) is 2.80. The van der Waals surface area contributed by atoms with Crippen molar-refractivity contribution >= 4 is 6.09 Å². The Labute approximate surface area is 92.5 Å². The van der Waals surface area contributed by atoms with Gasteiger partial charge >= 0.3 is 6.09 Å². The minimum atomic E-state index is -1.02. The lowest BCUT2D eigenvalue weighted by atomic mass is 10.1. The molecule has 1 aromatic heterocycles. The molecule has 0 saturated heterocycles. The fraction of sp³-hybridized carbons (Fsp3) is 0.0833. The molecule has 2 N–H and O–H groups in total. The Balaban J connectivity index is 2.17. The van der Waals surface area contributed by atoms with Crippen molar-refractivity contribution in [3.05, 3.63) is 48.2 Å². The Kier molecular flexibility index (Phi) is 2.91. The number of hydrogen-bond donors (Lipinski definition) is 2. The van der Waals surface area contributed by atoms with E-state index >= 15 is 0 Å². The summed E-state index contributed by atoms with van der Waals surface area (Å²) in [6.45, 7) is 0.296. The maximum Gasteiger partial charge on any atom is 0.404 e. The molecular weight excluding hydrogens is 206 g/mol. The Morgan fingerprint density at radius 3 is 2.88 bits per heavy atom. The van der Waals surface area contributed by atoms with Crippen LogP contribution in [0.4, 0.5) is 4.79 Å². The van der Waals surface area contributed by atoms with E-state index in [-0.39, 0.29) is 0 Å². The molecule has 0 fully saturated rings. The Morgan fingerprint density at radius 1 is 1.31 bits per heavy atom. The van der Waals surface area contributed by atoms with Crippen molar-refractivity contribution in [3.8, 4) is 11.3 Å². The summed E-state index contributed by atoms with van der Waals surface area (Å²) < 4.78 is 5.26. The first-order chi connectivity index (χ1) is 7.75. The predicted octanol–water partition coefficient (Wildman–Crippen LogP) is 2.71. The predicted molar refractivity (Wildman–Crippen MR) is 59.0 cm³/mol. The standard InChI is InChI=1S/C12H11NO3/c14-12(15)13-8-9-3-1-4-10(7-9)11-5-2-6-16-11/h1-7,13H,8H2,(H,14,15). The Bertz CT molecular complexity index is 477. The smallest absolute Gasteiger partial charge is 0.404 e. The molecule has 82 valence electrons. The third-order valence-electron chi connectivity index (χ3n) is 2.18. The van der Waals surface area contributed by atoms with Crippen LogP contribution >= 0.6 is 0 Å². The Morgan fingerprint density at radius 2 is 2.19 bits per heavy atom. The van der Waals surface area contributed by atoms with E-state index in [1.807, 2.05) is 36.4 Å². The lowest BCUT2D eigenvalue weighted by Gasteiger charge is -2.03. The zero-order valence-electron chi connectivity index (χ0n) is 8.51. The van der Waals surface area contributed by atoms with Crippen molar-refractivity contribution in [2.24, 2.45) is 0 Å². The molecule has 16 heavy (non-hydrogen) atoms. The molecule has 0 saturated carbocycles. The van der Waals surface area contributed by atoms with Crippen LogP contribution in [-0.2, 0) is 6.54 Å². The van der Waals surface area contributed by atoms with Gasteiger partial charge in [0, 0.05) is 12.1 Å². The highest BCUT2D eigenvalue weighted by atomic mass is 16.4. The highest BCUT2D eigenvalue weighted by Gasteiger charge is 2.02. The second-order valence-electron chi connectivity index (χ2n) is 3.34. The summed E-state index contributed by atoms with van der Waals surface area (Å²) in [4.78, 5) is 10.4. The van der Waals surface area contributed by atoms with E-state index in [0.29, 0.717) is 6.54 Å². The van der Waals surface area contributed by atoms with Crippen LogP contribution in [0.15, 0.2) is 47.1 Å². The van der Waals surface area contributed by atoms with Crippen molar-refractivity contribution in [2.75, 3.05) is 0 Å². The number of benzene rings is 1. The molecule has 4 nitrogen and oxygen atoms in total. The first-order valence-electron chi connectivity index (χ1n) is 4.85. The quantitative estimate of drug-likeness (QED) is 0.830. The number of carbonyl (C=O) groups is 1. The number of hydrogen-bond acceptors (Lipinski definition) is 2. The Hall–Kier alpha value is -2.23. The van der Waals surface area contributed by atoms with Gasteiger partial charge in [-0.3, -0.25) is 0 Å². The summed E-state index contributed by atoms with van der Waals surface area (Å²) in [7, 11) is 0. The second kappa shape index (κ2) is 4.53. The molecule has 1 amide bonds. The van der Waals surface area contributed by atoms with Gasteiger partial charge in [-0.1, -0.05) is 18.2 Å². The molecule has 0 aliphatic rings. The molecule has 0 unspecified atom stereocenters. The van der Waals surface area contributed by atoms with E-state index in [4.69, 9.17) is 9.52 Å². The SMILES string of the molecule is O=C(O)NCc1cccc(-c2ccco2)c1. The third-order valence-corrected chi connectivity index (χ3v) is 2.18. The fourth-order valence-corrected chi connectivity index (χ4v) is 1.46. The zero-order valence-corrected chi connectivity index (χ0v) is 8.51. The minimum absolute atomic E-state index is 0.296. The summed E-state index contributed by atoms with van der Waals surface area (Å²) in [5.41, 5.74) is 1.84. The van der Waals surface area contributed by atoms with Crippen LogP contribution in [0.1, 0.15) is 5.56 Å². The average molecular weight is 217 g/mol. The van der Waals surface area contributed by atoms with E-state index in [1.54, 1.807) is 6.26 Å². The normalized spacial score (nSPS) is 10.0. The topological polar surface area (TPSA) is 62.5 Å². The molecule has 1 aromatic carbocycles. The molecular formula is C12H11NO3. The number of furan rings is 1. The van der Waals surface area contributed by atoms with Crippen LogP contribution in [0.2, 0.25) is 0 Å². The van der Waals surface area contributed by atoms with Gasteiger partial charge in [0.05, 0.1) is 6.26 Å². The van der Waals surface area contributed by atoms with Crippen molar-refractivity contribution in [3.63, 3.8) is 0 Å². The summed E-state index contributed by atoms with van der Waals surface area (Å²) in [5, 5.41) is 10.8. The van der Waals surface area contributed by atoms with E-state index in [9.17, 15) is 4.79 Å². The molecule has 0 aliphatic heterocycles. The fourth-order valence-electron chi connectivity index (χ4n) is 1.46. The lowest BCUT2D eigenvalue weighted by Crippen LogP contribution is -2.19. The van der Waals surface area contributed by atoms with Crippen molar-refractivity contribution in [2.45, 2.75) is 6.54 Å². The molecule has 2 rings (SSSR count). The monoisotopic (exact) mass is 217 g/mol. The molecule has 0 atom stereocenters. The number of carboxylic acid groups (broad SMARTS) is 1. The number of rotatable bonds is 3. The van der Waals surface area contributed by atoms with Gasteiger partial charge in [-0.2, -0.15) is 0 Å². The number of amides is 1. The molecule has 0 spiro atoms. The highest BCUT2D eigenvalue weighted by Crippen LogP contribution is 2.20. The second-order valence-corrected chi connectivity index (χ2v) is 3.34. The molecule has 0 aliphatic carbocycles. The largest absolute Gasteiger partial charge is 0.465 e. The first kappa shape index (κ1) is 10.3. The van der Waals surface area contributed by atoms with Gasteiger partial charge in [0.15, 0.2) is 0 Å². The number of nitrogens with one attached hydrogen (secondary N) is 1. The van der Waals surface area contributed by atoms with Gasteiger partial charge in [-0.15, -0.1) is 0 Å². The highest BCUT2D eigenvalue weighted by molar-refractivity contribution is 5.64. The van der Waals surface area contributed by atoms with Crippen molar-refractivity contribution in [1.29, 1.82) is 0 Å².